The average Bonchev–Trinajstić information content (AvgIpc) is 2.49. The molecule has 2 N–H and O–H groups in total. The van der Waals surface area contributed by atoms with Gasteiger partial charge in [-0.15, -0.1) is 0 Å². The maximum absolute atomic E-state index is 12.2. The van der Waals surface area contributed by atoms with Crippen molar-refractivity contribution >= 4 is 17.5 Å². The van der Waals surface area contributed by atoms with Gasteiger partial charge in [-0.3, -0.25) is 4.79 Å². The molecule has 0 aliphatic rings. The summed E-state index contributed by atoms with van der Waals surface area (Å²) in [5, 5.41) is 17.8. The number of aliphatic hydroxyl groups is 2. The first-order chi connectivity index (χ1) is 10.1. The standard InChI is InChI=1S/C16H20ClNO3/c1-18(9-3-2-4-10-19)16(21)14-8-7-13(6-5-11-20)15(17)12-14/h7-8,12,19-20H,2-4,9-11H2,1H3. The number of benzene rings is 1. The van der Waals surface area contributed by atoms with E-state index >= 15 is 0 Å². The van der Waals surface area contributed by atoms with Crippen molar-refractivity contribution in [2.75, 3.05) is 26.8 Å². The maximum atomic E-state index is 12.2. The zero-order chi connectivity index (χ0) is 15.7. The molecule has 0 heterocycles. The van der Waals surface area contributed by atoms with Crippen LogP contribution in [-0.2, 0) is 0 Å². The Bertz CT molecular complexity index is 534. The summed E-state index contributed by atoms with van der Waals surface area (Å²) in [5.41, 5.74) is 1.10. The summed E-state index contributed by atoms with van der Waals surface area (Å²) in [5.74, 6) is 5.15. The summed E-state index contributed by atoms with van der Waals surface area (Å²) in [6.45, 7) is 0.597. The normalized spacial score (nSPS) is 9.90. The van der Waals surface area contributed by atoms with Crippen LogP contribution in [0.2, 0.25) is 5.02 Å². The van der Waals surface area contributed by atoms with Crippen LogP contribution in [0, 0.1) is 11.8 Å². The van der Waals surface area contributed by atoms with Gasteiger partial charge in [0.1, 0.15) is 6.61 Å². The topological polar surface area (TPSA) is 60.8 Å². The molecule has 1 aromatic rings. The number of carbonyl (C=O) groups is 1. The van der Waals surface area contributed by atoms with Gasteiger partial charge in [-0.25, -0.2) is 0 Å². The zero-order valence-corrected chi connectivity index (χ0v) is 12.9. The van der Waals surface area contributed by atoms with E-state index in [0.717, 1.165) is 19.3 Å². The van der Waals surface area contributed by atoms with E-state index in [2.05, 4.69) is 11.8 Å². The summed E-state index contributed by atoms with van der Waals surface area (Å²) >= 11 is 6.08. The van der Waals surface area contributed by atoms with E-state index in [1.165, 1.54) is 0 Å². The highest BCUT2D eigenvalue weighted by atomic mass is 35.5. The van der Waals surface area contributed by atoms with Crippen molar-refractivity contribution < 1.29 is 15.0 Å². The fraction of sp³-hybridized carbons (Fsp3) is 0.438. The molecular weight excluding hydrogens is 290 g/mol. The van der Waals surface area contributed by atoms with Crippen molar-refractivity contribution in [3.05, 3.63) is 34.3 Å². The molecule has 21 heavy (non-hydrogen) atoms. The smallest absolute Gasteiger partial charge is 0.253 e. The Morgan fingerprint density at radius 3 is 2.67 bits per heavy atom. The predicted octanol–water partition coefficient (Wildman–Crippen LogP) is 1.92. The molecule has 1 rings (SSSR count). The van der Waals surface area contributed by atoms with Crippen LogP contribution < -0.4 is 0 Å². The minimum atomic E-state index is -0.229. The molecule has 1 aromatic carbocycles. The van der Waals surface area contributed by atoms with E-state index in [-0.39, 0.29) is 19.1 Å². The number of hydrogen-bond donors (Lipinski definition) is 2. The van der Waals surface area contributed by atoms with Crippen LogP contribution in [0.3, 0.4) is 0 Å². The Morgan fingerprint density at radius 2 is 2.05 bits per heavy atom. The first kappa shape index (κ1) is 17.5. The van der Waals surface area contributed by atoms with E-state index in [1.807, 2.05) is 0 Å². The average molecular weight is 310 g/mol. The second-order valence-corrected chi connectivity index (χ2v) is 5.07. The lowest BCUT2D eigenvalue weighted by Crippen LogP contribution is -2.27. The number of amides is 1. The summed E-state index contributed by atoms with van der Waals surface area (Å²) in [6, 6.07) is 4.95. The van der Waals surface area contributed by atoms with E-state index < -0.39 is 0 Å². The van der Waals surface area contributed by atoms with Crippen LogP contribution in [0.25, 0.3) is 0 Å². The summed E-state index contributed by atoms with van der Waals surface area (Å²) in [6.07, 6.45) is 2.51. The molecule has 0 spiro atoms. The number of aliphatic hydroxyl groups excluding tert-OH is 2. The highest BCUT2D eigenvalue weighted by Crippen LogP contribution is 2.18. The third-order valence-corrected chi connectivity index (χ3v) is 3.33. The van der Waals surface area contributed by atoms with E-state index in [4.69, 9.17) is 21.8 Å². The molecular formula is C16H20ClNO3. The Hall–Kier alpha value is -1.54. The summed E-state index contributed by atoms with van der Waals surface area (Å²) in [4.78, 5) is 13.9. The number of nitrogens with zero attached hydrogens (tertiary/aromatic N) is 1. The van der Waals surface area contributed by atoms with Crippen molar-refractivity contribution in [1.82, 2.24) is 4.90 Å². The molecule has 0 fully saturated rings. The van der Waals surface area contributed by atoms with Crippen LogP contribution in [0.4, 0.5) is 0 Å². The largest absolute Gasteiger partial charge is 0.396 e. The fourth-order valence-electron chi connectivity index (χ4n) is 1.84. The van der Waals surface area contributed by atoms with Crippen LogP contribution in [-0.4, -0.2) is 47.8 Å². The molecule has 0 atom stereocenters. The zero-order valence-electron chi connectivity index (χ0n) is 12.1. The lowest BCUT2D eigenvalue weighted by atomic mass is 10.1. The molecule has 0 radical (unpaired) electrons. The van der Waals surface area contributed by atoms with Gasteiger partial charge in [-0.2, -0.15) is 0 Å². The monoisotopic (exact) mass is 309 g/mol. The lowest BCUT2D eigenvalue weighted by molar-refractivity contribution is 0.0792. The Kier molecular flexibility index (Phi) is 7.84. The van der Waals surface area contributed by atoms with Crippen molar-refractivity contribution in [1.29, 1.82) is 0 Å². The van der Waals surface area contributed by atoms with Gasteiger partial charge in [-0.1, -0.05) is 23.4 Å². The first-order valence-electron chi connectivity index (χ1n) is 6.85. The second-order valence-electron chi connectivity index (χ2n) is 4.67. The molecule has 0 bridgehead atoms. The molecule has 0 saturated heterocycles. The number of carbonyl (C=O) groups excluding carboxylic acids is 1. The van der Waals surface area contributed by atoms with Crippen molar-refractivity contribution in [2.45, 2.75) is 19.3 Å². The SMILES string of the molecule is CN(CCCCCO)C(=O)c1ccc(C#CCO)c(Cl)c1. The number of rotatable bonds is 6. The van der Waals surface area contributed by atoms with Crippen LogP contribution in [0.1, 0.15) is 35.2 Å². The molecule has 0 unspecified atom stereocenters. The van der Waals surface area contributed by atoms with Gasteiger partial charge in [0.25, 0.3) is 5.91 Å². The fourth-order valence-corrected chi connectivity index (χ4v) is 2.07. The molecule has 1 amide bonds. The molecule has 5 heteroatoms. The van der Waals surface area contributed by atoms with Gasteiger partial charge in [0, 0.05) is 31.3 Å². The first-order valence-corrected chi connectivity index (χ1v) is 7.23. The predicted molar refractivity (Wildman–Crippen MR) is 83.3 cm³/mol. The third kappa shape index (κ3) is 5.76. The van der Waals surface area contributed by atoms with Gasteiger partial charge in [0.15, 0.2) is 0 Å². The van der Waals surface area contributed by atoms with E-state index in [9.17, 15) is 4.79 Å². The maximum Gasteiger partial charge on any atom is 0.253 e. The highest BCUT2D eigenvalue weighted by Gasteiger charge is 2.12. The van der Waals surface area contributed by atoms with Crippen LogP contribution >= 0.6 is 11.6 Å². The van der Waals surface area contributed by atoms with Crippen molar-refractivity contribution in [3.8, 4) is 11.8 Å². The second kappa shape index (κ2) is 9.41. The quantitative estimate of drug-likeness (QED) is 0.623. The number of hydrogen-bond acceptors (Lipinski definition) is 3. The molecule has 0 saturated carbocycles. The minimum absolute atomic E-state index is 0.0948. The number of unbranched alkanes of at least 4 members (excludes halogenated alkanes) is 2. The number of halogens is 1. The highest BCUT2D eigenvalue weighted by molar-refractivity contribution is 6.32. The summed E-state index contributed by atoms with van der Waals surface area (Å²) in [7, 11) is 1.74. The molecule has 4 nitrogen and oxygen atoms in total. The van der Waals surface area contributed by atoms with Gasteiger partial charge in [0.2, 0.25) is 0 Å². The van der Waals surface area contributed by atoms with Crippen LogP contribution in [0.5, 0.6) is 0 Å². The van der Waals surface area contributed by atoms with Crippen molar-refractivity contribution in [2.24, 2.45) is 0 Å². The van der Waals surface area contributed by atoms with Gasteiger partial charge in [0.05, 0.1) is 5.02 Å². The molecule has 0 aliphatic carbocycles. The van der Waals surface area contributed by atoms with Crippen molar-refractivity contribution in [3.63, 3.8) is 0 Å². The van der Waals surface area contributed by atoms with Gasteiger partial charge in [-0.05, 0) is 37.5 Å². The van der Waals surface area contributed by atoms with E-state index in [0.29, 0.717) is 22.7 Å². The summed E-state index contributed by atoms with van der Waals surface area (Å²) < 4.78 is 0. The third-order valence-electron chi connectivity index (χ3n) is 3.02. The molecule has 114 valence electrons. The van der Waals surface area contributed by atoms with Gasteiger partial charge < -0.3 is 15.1 Å². The molecule has 0 aromatic heterocycles. The van der Waals surface area contributed by atoms with Crippen LogP contribution in [0.15, 0.2) is 18.2 Å². The Morgan fingerprint density at radius 1 is 1.29 bits per heavy atom. The molecule has 0 aliphatic heterocycles. The Balaban J connectivity index is 2.67. The van der Waals surface area contributed by atoms with E-state index in [1.54, 1.807) is 30.1 Å². The van der Waals surface area contributed by atoms with Gasteiger partial charge >= 0.3 is 0 Å². The minimum Gasteiger partial charge on any atom is -0.396 e. The lowest BCUT2D eigenvalue weighted by Gasteiger charge is -2.17. The Labute approximate surface area is 130 Å².